The van der Waals surface area contributed by atoms with Crippen molar-refractivity contribution in [2.24, 2.45) is 11.8 Å². The van der Waals surface area contributed by atoms with Crippen molar-refractivity contribution in [1.82, 2.24) is 5.32 Å². The molecule has 2 atom stereocenters. The summed E-state index contributed by atoms with van der Waals surface area (Å²) in [7, 11) is 0. The second-order valence-electron chi connectivity index (χ2n) is 5.06. The van der Waals surface area contributed by atoms with Gasteiger partial charge in [0.2, 0.25) is 0 Å². The van der Waals surface area contributed by atoms with Crippen LogP contribution < -0.4 is 5.32 Å². The summed E-state index contributed by atoms with van der Waals surface area (Å²) in [6, 6.07) is -0.0726. The molecule has 0 aliphatic heterocycles. The summed E-state index contributed by atoms with van der Waals surface area (Å²) < 4.78 is 0. The zero-order valence-electron chi connectivity index (χ0n) is 9.99. The van der Waals surface area contributed by atoms with Crippen molar-refractivity contribution in [2.45, 2.75) is 58.5 Å². The molecule has 0 amide bonds. The van der Waals surface area contributed by atoms with Crippen LogP contribution in [0.15, 0.2) is 0 Å². The highest BCUT2D eigenvalue weighted by Crippen LogP contribution is 2.27. The Labute approximate surface area is 92.3 Å². The minimum absolute atomic E-state index is 0.145. The summed E-state index contributed by atoms with van der Waals surface area (Å²) in [6.07, 6.45) is 5.10. The van der Waals surface area contributed by atoms with Crippen molar-refractivity contribution in [3.8, 4) is 0 Å². The van der Waals surface area contributed by atoms with Gasteiger partial charge in [-0.2, -0.15) is 0 Å². The van der Waals surface area contributed by atoms with Gasteiger partial charge in [-0.3, -0.25) is 4.79 Å². The molecule has 0 heterocycles. The van der Waals surface area contributed by atoms with E-state index in [1.54, 1.807) is 0 Å². The van der Waals surface area contributed by atoms with E-state index < -0.39 is 12.0 Å². The lowest BCUT2D eigenvalue weighted by atomic mass is 9.96. The Morgan fingerprint density at radius 2 is 1.80 bits per heavy atom. The van der Waals surface area contributed by atoms with Crippen molar-refractivity contribution < 1.29 is 9.90 Å². The normalized spacial score (nSPS) is 21.9. The largest absolute Gasteiger partial charge is 0.480 e. The maximum atomic E-state index is 11.0. The van der Waals surface area contributed by atoms with Crippen LogP contribution in [-0.4, -0.2) is 23.2 Å². The number of carboxylic acid groups (broad SMARTS) is 1. The first-order chi connectivity index (χ1) is 7.02. The molecule has 3 nitrogen and oxygen atoms in total. The third kappa shape index (κ3) is 3.49. The Morgan fingerprint density at radius 1 is 1.27 bits per heavy atom. The first-order valence-corrected chi connectivity index (χ1v) is 6.01. The number of rotatable bonds is 5. The van der Waals surface area contributed by atoms with Crippen molar-refractivity contribution >= 4 is 5.97 Å². The maximum absolute atomic E-state index is 11.0. The van der Waals surface area contributed by atoms with Gasteiger partial charge >= 0.3 is 5.97 Å². The quantitative estimate of drug-likeness (QED) is 0.736. The molecule has 1 aliphatic rings. The average Bonchev–Trinajstić information content (AvgIpc) is 2.65. The Kier molecular flexibility index (Phi) is 4.58. The molecule has 0 bridgehead atoms. The Bertz CT molecular complexity index is 210. The van der Waals surface area contributed by atoms with Crippen LogP contribution in [0.3, 0.4) is 0 Å². The van der Waals surface area contributed by atoms with Crippen LogP contribution in [0.4, 0.5) is 0 Å². The van der Waals surface area contributed by atoms with E-state index in [0.717, 1.165) is 0 Å². The van der Waals surface area contributed by atoms with Gasteiger partial charge in [-0.25, -0.2) is 0 Å². The van der Waals surface area contributed by atoms with E-state index in [2.05, 4.69) is 12.2 Å². The Balaban J connectivity index is 2.46. The molecule has 1 rings (SSSR count). The number of carbonyl (C=O) groups is 1. The molecule has 0 radical (unpaired) electrons. The molecular weight excluding hydrogens is 190 g/mol. The molecule has 88 valence electrons. The number of hydrogen-bond donors (Lipinski definition) is 2. The van der Waals surface area contributed by atoms with Gasteiger partial charge in [-0.1, -0.05) is 26.7 Å². The minimum Gasteiger partial charge on any atom is -0.480 e. The fraction of sp³-hybridized carbons (Fsp3) is 0.917. The second kappa shape index (κ2) is 5.50. The molecule has 3 heteroatoms. The van der Waals surface area contributed by atoms with Gasteiger partial charge in [0, 0.05) is 6.04 Å². The molecule has 0 aromatic carbocycles. The molecule has 2 N–H and O–H groups in total. The van der Waals surface area contributed by atoms with E-state index >= 15 is 0 Å². The first-order valence-electron chi connectivity index (χ1n) is 6.01. The smallest absolute Gasteiger partial charge is 0.320 e. The lowest BCUT2D eigenvalue weighted by molar-refractivity contribution is -0.141. The van der Waals surface area contributed by atoms with Crippen LogP contribution in [0.1, 0.15) is 46.5 Å². The van der Waals surface area contributed by atoms with Crippen molar-refractivity contribution in [3.05, 3.63) is 0 Å². The molecule has 1 unspecified atom stereocenters. The van der Waals surface area contributed by atoms with Gasteiger partial charge < -0.3 is 10.4 Å². The van der Waals surface area contributed by atoms with E-state index in [-0.39, 0.29) is 5.92 Å². The van der Waals surface area contributed by atoms with Crippen molar-refractivity contribution in [3.63, 3.8) is 0 Å². The molecule has 0 aromatic rings. The highest BCUT2D eigenvalue weighted by atomic mass is 16.4. The molecule has 0 aromatic heterocycles. The zero-order valence-corrected chi connectivity index (χ0v) is 9.99. The fourth-order valence-electron chi connectivity index (χ4n) is 2.43. The summed E-state index contributed by atoms with van der Waals surface area (Å²) in [5.41, 5.74) is 0. The summed E-state index contributed by atoms with van der Waals surface area (Å²) in [6.45, 7) is 6.02. The second-order valence-corrected chi connectivity index (χ2v) is 5.06. The predicted molar refractivity (Wildman–Crippen MR) is 60.8 cm³/mol. The van der Waals surface area contributed by atoms with Crippen molar-refractivity contribution in [2.75, 3.05) is 0 Å². The maximum Gasteiger partial charge on any atom is 0.320 e. The Hall–Kier alpha value is -0.570. The van der Waals surface area contributed by atoms with Crippen molar-refractivity contribution in [1.29, 1.82) is 0 Å². The topological polar surface area (TPSA) is 49.3 Å². The third-order valence-electron chi connectivity index (χ3n) is 3.48. The van der Waals surface area contributed by atoms with Crippen LogP contribution >= 0.6 is 0 Å². The Morgan fingerprint density at radius 3 is 2.20 bits per heavy atom. The number of carboxylic acids is 1. The van der Waals surface area contributed by atoms with Crippen LogP contribution in [0.25, 0.3) is 0 Å². The predicted octanol–water partition coefficient (Wildman–Crippen LogP) is 2.26. The van der Waals surface area contributed by atoms with E-state index in [1.165, 1.54) is 25.7 Å². The fourth-order valence-corrected chi connectivity index (χ4v) is 2.43. The standard InChI is InChI=1S/C12H23NO2/c1-8(2)11(12(14)15)13-9(3)10-6-4-5-7-10/h8-11,13H,4-7H2,1-3H3,(H,14,15)/t9-,11?/m1/s1. The van der Waals surface area contributed by atoms with E-state index in [4.69, 9.17) is 5.11 Å². The van der Waals surface area contributed by atoms with E-state index in [0.29, 0.717) is 12.0 Å². The molecule has 1 saturated carbocycles. The van der Waals surface area contributed by atoms with Gasteiger partial charge in [-0.15, -0.1) is 0 Å². The zero-order chi connectivity index (χ0) is 11.4. The summed E-state index contributed by atoms with van der Waals surface area (Å²) >= 11 is 0. The average molecular weight is 213 g/mol. The molecule has 1 fully saturated rings. The molecule has 15 heavy (non-hydrogen) atoms. The minimum atomic E-state index is -0.727. The van der Waals surface area contributed by atoms with E-state index in [1.807, 2.05) is 13.8 Å². The lowest BCUT2D eigenvalue weighted by Gasteiger charge is -2.26. The number of hydrogen-bond acceptors (Lipinski definition) is 2. The van der Waals surface area contributed by atoms with Gasteiger partial charge in [0.25, 0.3) is 0 Å². The molecule has 0 spiro atoms. The molecule has 0 saturated heterocycles. The van der Waals surface area contributed by atoms with Crippen LogP contribution in [0, 0.1) is 11.8 Å². The third-order valence-corrected chi connectivity index (χ3v) is 3.48. The number of nitrogens with one attached hydrogen (secondary N) is 1. The highest BCUT2D eigenvalue weighted by Gasteiger charge is 2.27. The monoisotopic (exact) mass is 213 g/mol. The van der Waals surface area contributed by atoms with Gasteiger partial charge in [0.1, 0.15) is 6.04 Å². The first kappa shape index (κ1) is 12.5. The van der Waals surface area contributed by atoms with Crippen LogP contribution in [0.2, 0.25) is 0 Å². The van der Waals surface area contributed by atoms with Gasteiger partial charge in [0.15, 0.2) is 0 Å². The lowest BCUT2D eigenvalue weighted by Crippen LogP contribution is -2.47. The summed E-state index contributed by atoms with van der Waals surface area (Å²) in [4.78, 5) is 11.0. The van der Waals surface area contributed by atoms with Gasteiger partial charge in [0.05, 0.1) is 0 Å². The molecular formula is C12H23NO2. The number of aliphatic carboxylic acids is 1. The summed E-state index contributed by atoms with van der Waals surface area (Å²) in [5.74, 6) is 0.0896. The SMILES string of the molecule is CC(C)C(N[C@H](C)C1CCCC1)C(=O)O. The van der Waals surface area contributed by atoms with Gasteiger partial charge in [-0.05, 0) is 31.6 Å². The van der Waals surface area contributed by atoms with E-state index in [9.17, 15) is 4.79 Å². The highest BCUT2D eigenvalue weighted by molar-refractivity contribution is 5.73. The van der Waals surface area contributed by atoms with Crippen LogP contribution in [0.5, 0.6) is 0 Å². The van der Waals surface area contributed by atoms with Crippen LogP contribution in [-0.2, 0) is 4.79 Å². The summed E-state index contributed by atoms with van der Waals surface area (Å²) in [5, 5.41) is 12.3. The molecule has 1 aliphatic carbocycles.